The molecule has 0 bridgehead atoms. The summed E-state index contributed by atoms with van der Waals surface area (Å²) in [6, 6.07) is 1.34. The Hall–Kier alpha value is -1.26. The predicted molar refractivity (Wildman–Crippen MR) is 86.0 cm³/mol. The van der Waals surface area contributed by atoms with Crippen LogP contribution in [0.15, 0.2) is 22.6 Å². The molecule has 0 saturated heterocycles. The van der Waals surface area contributed by atoms with E-state index in [2.05, 4.69) is 4.40 Å². The van der Waals surface area contributed by atoms with Crippen LogP contribution in [0.5, 0.6) is 0 Å². The molecule has 1 rings (SSSR count). The molecule has 0 radical (unpaired) electrons. The minimum absolute atomic E-state index is 0.0700. The molecule has 1 aromatic rings. The van der Waals surface area contributed by atoms with Gasteiger partial charge in [-0.3, -0.25) is 0 Å². The van der Waals surface area contributed by atoms with Gasteiger partial charge >= 0.3 is 12.4 Å². The third-order valence-electron chi connectivity index (χ3n) is 3.00. The lowest BCUT2D eigenvalue weighted by Gasteiger charge is -2.20. The van der Waals surface area contributed by atoms with Crippen molar-refractivity contribution in [3.05, 3.63) is 34.9 Å². The van der Waals surface area contributed by atoms with Crippen molar-refractivity contribution in [2.45, 2.75) is 32.3 Å². The van der Waals surface area contributed by atoms with E-state index in [0.29, 0.717) is 17.8 Å². The van der Waals surface area contributed by atoms with Gasteiger partial charge in [0.2, 0.25) is 0 Å². The standard InChI is InChI=1S/C15H19F6NO2S/c1-9(22-25(3,4)23)8-24-10(2)11-5-12(14(16,17)18)7-13(6-11)15(19,20)21/h5-7,10,23H,8H2,1-4H3/b22-9+/t10-/m1/s1. The fraction of sp³-hybridized carbons (Fsp3) is 0.533. The summed E-state index contributed by atoms with van der Waals surface area (Å²) in [4.78, 5) is 0. The molecule has 10 heteroatoms. The van der Waals surface area contributed by atoms with E-state index in [-0.39, 0.29) is 18.2 Å². The van der Waals surface area contributed by atoms with Gasteiger partial charge in [-0.15, -0.1) is 0 Å². The number of rotatable bonds is 5. The van der Waals surface area contributed by atoms with Gasteiger partial charge < -0.3 is 9.29 Å². The Bertz CT molecular complexity index is 602. The zero-order chi connectivity index (χ0) is 19.6. The zero-order valence-corrected chi connectivity index (χ0v) is 14.8. The maximum absolute atomic E-state index is 12.8. The molecule has 0 aliphatic rings. The number of halogens is 6. The highest BCUT2D eigenvalue weighted by Crippen LogP contribution is 2.38. The van der Waals surface area contributed by atoms with Crippen LogP contribution in [0.2, 0.25) is 0 Å². The second kappa shape index (κ2) is 7.55. The van der Waals surface area contributed by atoms with E-state index in [4.69, 9.17) is 4.74 Å². The molecule has 1 atom stereocenters. The van der Waals surface area contributed by atoms with Gasteiger partial charge in [0.15, 0.2) is 0 Å². The Morgan fingerprint density at radius 2 is 1.52 bits per heavy atom. The molecule has 0 aliphatic heterocycles. The van der Waals surface area contributed by atoms with Crippen molar-refractivity contribution in [2.24, 2.45) is 4.40 Å². The van der Waals surface area contributed by atoms with Gasteiger partial charge in [-0.2, -0.15) is 26.3 Å². The van der Waals surface area contributed by atoms with Crippen molar-refractivity contribution in [1.82, 2.24) is 0 Å². The SMILES string of the molecule is C/C(CO[C@H](C)c1cc(C(F)(F)F)cc(C(F)(F)F)c1)=N\S(C)(C)O. The van der Waals surface area contributed by atoms with Crippen LogP contribution in [0.25, 0.3) is 0 Å². The first-order valence-electron chi connectivity index (χ1n) is 7.02. The number of benzene rings is 1. The Morgan fingerprint density at radius 3 is 1.88 bits per heavy atom. The lowest BCUT2D eigenvalue weighted by atomic mass is 10.0. The molecule has 144 valence electrons. The predicted octanol–water partition coefficient (Wildman–Crippen LogP) is 5.71. The van der Waals surface area contributed by atoms with Crippen LogP contribution in [-0.4, -0.2) is 29.4 Å². The molecule has 1 N–H and O–H groups in total. The van der Waals surface area contributed by atoms with E-state index < -0.39 is 40.1 Å². The molecule has 0 heterocycles. The van der Waals surface area contributed by atoms with Crippen LogP contribution in [0, 0.1) is 0 Å². The van der Waals surface area contributed by atoms with Crippen molar-refractivity contribution >= 4 is 16.2 Å². The largest absolute Gasteiger partial charge is 0.416 e. The topological polar surface area (TPSA) is 41.8 Å². The molecule has 0 fully saturated rings. The van der Waals surface area contributed by atoms with E-state index in [9.17, 15) is 30.9 Å². The second-order valence-electron chi connectivity index (χ2n) is 5.84. The average Bonchev–Trinajstić information content (AvgIpc) is 2.40. The minimum Gasteiger partial charge on any atom is -0.368 e. The Kier molecular flexibility index (Phi) is 6.57. The highest BCUT2D eigenvalue weighted by atomic mass is 32.3. The summed E-state index contributed by atoms with van der Waals surface area (Å²) >= 11 is 0. The van der Waals surface area contributed by atoms with E-state index in [0.717, 1.165) is 0 Å². The molecular weight excluding hydrogens is 372 g/mol. The quantitative estimate of drug-likeness (QED) is 0.516. The molecule has 0 unspecified atom stereocenters. The van der Waals surface area contributed by atoms with Gasteiger partial charge in [-0.25, -0.2) is 4.40 Å². The van der Waals surface area contributed by atoms with Gasteiger partial charge in [0, 0.05) is 18.2 Å². The summed E-state index contributed by atoms with van der Waals surface area (Å²) in [6.45, 7) is 2.76. The Labute approximate surface area is 143 Å². The molecular formula is C15H19F6NO2S. The van der Waals surface area contributed by atoms with Crippen molar-refractivity contribution in [3.8, 4) is 0 Å². The van der Waals surface area contributed by atoms with E-state index in [1.54, 1.807) is 6.92 Å². The summed E-state index contributed by atoms with van der Waals surface area (Å²) in [7, 11) is -2.18. The van der Waals surface area contributed by atoms with Gasteiger partial charge in [0.25, 0.3) is 0 Å². The zero-order valence-electron chi connectivity index (χ0n) is 14.0. The second-order valence-corrected chi connectivity index (χ2v) is 8.46. The molecule has 0 saturated carbocycles. The van der Waals surface area contributed by atoms with Gasteiger partial charge in [0.05, 0.1) is 23.8 Å². The number of ether oxygens (including phenoxy) is 1. The first-order chi connectivity index (χ1) is 11.1. The number of hydrogen-bond donors (Lipinski definition) is 1. The van der Waals surface area contributed by atoms with Gasteiger partial charge in [0.1, 0.15) is 0 Å². The average molecular weight is 391 g/mol. The summed E-state index contributed by atoms with van der Waals surface area (Å²) in [6.07, 6.45) is -7.83. The van der Waals surface area contributed by atoms with Crippen molar-refractivity contribution < 1.29 is 35.6 Å². The van der Waals surface area contributed by atoms with Crippen LogP contribution in [0.1, 0.15) is 36.6 Å². The van der Waals surface area contributed by atoms with Crippen molar-refractivity contribution in [2.75, 3.05) is 19.1 Å². The van der Waals surface area contributed by atoms with Crippen LogP contribution in [0.4, 0.5) is 26.3 Å². The highest BCUT2D eigenvalue weighted by molar-refractivity contribution is 8.27. The first kappa shape index (κ1) is 21.8. The molecule has 0 aromatic heterocycles. The van der Waals surface area contributed by atoms with Crippen LogP contribution in [-0.2, 0) is 17.1 Å². The lowest BCUT2D eigenvalue weighted by Crippen LogP contribution is -2.14. The Balaban J connectivity index is 3.09. The molecule has 1 aromatic carbocycles. The summed E-state index contributed by atoms with van der Waals surface area (Å²) < 4.78 is 96.0. The minimum atomic E-state index is -4.91. The fourth-order valence-electron chi connectivity index (χ4n) is 1.96. The summed E-state index contributed by atoms with van der Waals surface area (Å²) in [5, 5.41) is 0. The number of alkyl halides is 6. The third kappa shape index (κ3) is 7.25. The van der Waals surface area contributed by atoms with Crippen LogP contribution >= 0.6 is 10.5 Å². The number of nitrogens with zero attached hydrogens (tertiary/aromatic N) is 1. The molecule has 3 nitrogen and oxygen atoms in total. The van der Waals surface area contributed by atoms with Crippen LogP contribution in [0.3, 0.4) is 0 Å². The van der Waals surface area contributed by atoms with Crippen molar-refractivity contribution in [3.63, 3.8) is 0 Å². The normalized spacial score (nSPS) is 16.0. The lowest BCUT2D eigenvalue weighted by molar-refractivity contribution is -0.143. The molecule has 0 spiro atoms. The van der Waals surface area contributed by atoms with Crippen LogP contribution < -0.4 is 0 Å². The van der Waals surface area contributed by atoms with E-state index >= 15 is 0 Å². The van der Waals surface area contributed by atoms with Gasteiger partial charge in [-0.1, -0.05) is 0 Å². The summed E-state index contributed by atoms with van der Waals surface area (Å²) in [5.41, 5.74) is -2.64. The third-order valence-corrected chi connectivity index (χ3v) is 3.76. The monoisotopic (exact) mass is 391 g/mol. The molecule has 25 heavy (non-hydrogen) atoms. The smallest absolute Gasteiger partial charge is 0.368 e. The molecule has 0 aliphatic carbocycles. The maximum Gasteiger partial charge on any atom is 0.416 e. The first-order valence-corrected chi connectivity index (χ1v) is 9.38. The molecule has 0 amide bonds. The number of hydrogen-bond acceptors (Lipinski definition) is 3. The fourth-order valence-corrected chi connectivity index (χ4v) is 2.78. The highest BCUT2D eigenvalue weighted by Gasteiger charge is 2.37. The van der Waals surface area contributed by atoms with Crippen molar-refractivity contribution in [1.29, 1.82) is 0 Å². The van der Waals surface area contributed by atoms with E-state index in [1.165, 1.54) is 19.4 Å². The Morgan fingerprint density at radius 1 is 1.08 bits per heavy atom. The summed E-state index contributed by atoms with van der Waals surface area (Å²) in [5.74, 6) is 0. The van der Waals surface area contributed by atoms with Gasteiger partial charge in [-0.05, 0) is 48.1 Å². The van der Waals surface area contributed by atoms with E-state index in [1.807, 2.05) is 0 Å². The maximum atomic E-state index is 12.8.